The zero-order valence-corrected chi connectivity index (χ0v) is 10.5. The van der Waals surface area contributed by atoms with Crippen LogP contribution in [0, 0.1) is 17.0 Å². The number of benzene rings is 1. The summed E-state index contributed by atoms with van der Waals surface area (Å²) in [4.78, 5) is 13.6. The minimum atomic E-state index is -0.968. The summed E-state index contributed by atoms with van der Waals surface area (Å²) in [5.74, 6) is -2.45. The van der Waals surface area contributed by atoms with E-state index >= 15 is 0 Å². The lowest BCUT2D eigenvalue weighted by molar-refractivity contribution is 0.0768. The van der Waals surface area contributed by atoms with Gasteiger partial charge in [-0.3, -0.25) is 4.79 Å². The molecule has 0 aliphatic carbocycles. The Hall–Kier alpha value is -1.65. The molecule has 1 saturated heterocycles. The second-order valence-corrected chi connectivity index (χ2v) is 5.47. The monoisotopic (exact) mass is 254 g/mol. The first kappa shape index (κ1) is 12.8. The van der Waals surface area contributed by atoms with Crippen LogP contribution in [0.1, 0.15) is 30.6 Å². The van der Waals surface area contributed by atoms with E-state index in [0.717, 1.165) is 18.6 Å². The topological polar surface area (TPSA) is 46.3 Å². The lowest BCUT2D eigenvalue weighted by atomic mass is 9.93. The minimum Gasteiger partial charge on any atom is -0.396 e. The zero-order chi connectivity index (χ0) is 13.5. The summed E-state index contributed by atoms with van der Waals surface area (Å²) in [7, 11) is 0. The molecule has 0 saturated carbocycles. The van der Waals surface area contributed by atoms with Gasteiger partial charge in [0.1, 0.15) is 11.4 Å². The number of hydrogen-bond acceptors (Lipinski definition) is 2. The van der Waals surface area contributed by atoms with Gasteiger partial charge in [0, 0.05) is 13.1 Å². The Balaban J connectivity index is 2.33. The van der Waals surface area contributed by atoms with E-state index in [0.29, 0.717) is 13.1 Å². The summed E-state index contributed by atoms with van der Waals surface area (Å²) in [6.07, 6.45) is 0.824. The molecule has 1 heterocycles. The van der Waals surface area contributed by atoms with Gasteiger partial charge in [-0.1, -0.05) is 13.8 Å². The van der Waals surface area contributed by atoms with Crippen LogP contribution in [0.2, 0.25) is 0 Å². The number of rotatable bonds is 1. The number of nitrogens with zero attached hydrogens (tertiary/aromatic N) is 1. The quantitative estimate of drug-likeness (QED) is 0.782. The normalized spacial score (nSPS) is 18.1. The maximum atomic E-state index is 13.7. The molecule has 18 heavy (non-hydrogen) atoms. The molecule has 98 valence electrons. The molecule has 3 nitrogen and oxygen atoms in total. The van der Waals surface area contributed by atoms with Gasteiger partial charge in [0.05, 0.1) is 5.69 Å². The Morgan fingerprint density at radius 2 is 2.06 bits per heavy atom. The fraction of sp³-hybridized carbons (Fsp3) is 0.462. The smallest absolute Gasteiger partial charge is 0.259 e. The molecule has 0 spiro atoms. The number of carbonyl (C=O) groups is 1. The number of hydrogen-bond donors (Lipinski definition) is 1. The number of amides is 1. The number of halogens is 2. The Morgan fingerprint density at radius 1 is 1.39 bits per heavy atom. The summed E-state index contributed by atoms with van der Waals surface area (Å²) in [6.45, 7) is 5.05. The number of carbonyl (C=O) groups excluding carboxylic acids is 1. The zero-order valence-electron chi connectivity index (χ0n) is 10.5. The summed E-state index contributed by atoms with van der Waals surface area (Å²) < 4.78 is 27.3. The lowest BCUT2D eigenvalue weighted by Gasteiger charge is -2.20. The van der Waals surface area contributed by atoms with E-state index in [1.165, 1.54) is 4.90 Å². The average Bonchev–Trinajstić information content (AvgIpc) is 2.65. The van der Waals surface area contributed by atoms with Crippen molar-refractivity contribution < 1.29 is 13.6 Å². The number of nitrogens with two attached hydrogens (primary N) is 1. The third kappa shape index (κ3) is 2.17. The van der Waals surface area contributed by atoms with Crippen LogP contribution in [0.5, 0.6) is 0 Å². The molecule has 2 rings (SSSR count). The van der Waals surface area contributed by atoms with Gasteiger partial charge in [-0.25, -0.2) is 8.78 Å². The molecule has 0 unspecified atom stereocenters. The van der Waals surface area contributed by atoms with Crippen LogP contribution in [-0.4, -0.2) is 23.9 Å². The molecule has 1 amide bonds. The predicted molar refractivity (Wildman–Crippen MR) is 65.1 cm³/mol. The van der Waals surface area contributed by atoms with Gasteiger partial charge in [0.25, 0.3) is 5.91 Å². The number of nitrogen functional groups attached to an aromatic ring is 1. The van der Waals surface area contributed by atoms with Crippen LogP contribution in [0.4, 0.5) is 14.5 Å². The first-order valence-corrected chi connectivity index (χ1v) is 5.84. The van der Waals surface area contributed by atoms with Crippen molar-refractivity contribution in [3.05, 3.63) is 29.3 Å². The van der Waals surface area contributed by atoms with Crippen LogP contribution in [-0.2, 0) is 0 Å². The number of anilines is 1. The Bertz CT molecular complexity index is 500. The van der Waals surface area contributed by atoms with Crippen LogP contribution >= 0.6 is 0 Å². The van der Waals surface area contributed by atoms with Crippen molar-refractivity contribution in [2.75, 3.05) is 18.8 Å². The second kappa shape index (κ2) is 4.23. The molecule has 1 aliphatic heterocycles. The van der Waals surface area contributed by atoms with E-state index in [1.807, 2.05) is 13.8 Å². The summed E-state index contributed by atoms with van der Waals surface area (Å²) in [5.41, 5.74) is 4.60. The van der Waals surface area contributed by atoms with Gasteiger partial charge in [-0.15, -0.1) is 0 Å². The van der Waals surface area contributed by atoms with Gasteiger partial charge in [-0.2, -0.15) is 0 Å². The first-order valence-electron chi connectivity index (χ1n) is 5.84. The number of likely N-dealkylation sites (tertiary alicyclic amines) is 1. The predicted octanol–water partition coefficient (Wildman–Crippen LogP) is 2.42. The van der Waals surface area contributed by atoms with Crippen molar-refractivity contribution in [2.24, 2.45) is 5.41 Å². The third-order valence-corrected chi connectivity index (χ3v) is 3.30. The maximum Gasteiger partial charge on any atom is 0.259 e. The summed E-state index contributed by atoms with van der Waals surface area (Å²) in [5, 5.41) is 0. The first-order chi connectivity index (χ1) is 8.32. The molecule has 0 atom stereocenters. The van der Waals surface area contributed by atoms with E-state index in [1.54, 1.807) is 0 Å². The highest BCUT2D eigenvalue weighted by Crippen LogP contribution is 2.31. The van der Waals surface area contributed by atoms with Crippen LogP contribution in [0.3, 0.4) is 0 Å². The van der Waals surface area contributed by atoms with Gasteiger partial charge in [0.15, 0.2) is 5.82 Å². The molecule has 0 bridgehead atoms. The molecule has 0 aromatic heterocycles. The Kier molecular flexibility index (Phi) is 3.00. The van der Waals surface area contributed by atoms with E-state index in [4.69, 9.17) is 5.73 Å². The fourth-order valence-electron chi connectivity index (χ4n) is 2.21. The maximum absolute atomic E-state index is 13.7. The van der Waals surface area contributed by atoms with Crippen LogP contribution < -0.4 is 5.73 Å². The van der Waals surface area contributed by atoms with Gasteiger partial charge in [0.2, 0.25) is 0 Å². The lowest BCUT2D eigenvalue weighted by Crippen LogP contribution is -2.31. The minimum absolute atomic E-state index is 0.0110. The van der Waals surface area contributed by atoms with E-state index < -0.39 is 23.1 Å². The van der Waals surface area contributed by atoms with Crippen molar-refractivity contribution in [3.63, 3.8) is 0 Å². The van der Waals surface area contributed by atoms with E-state index in [2.05, 4.69) is 0 Å². The fourth-order valence-corrected chi connectivity index (χ4v) is 2.21. The molecule has 1 fully saturated rings. The SMILES string of the molecule is CC1(C)CCN(C(=O)c2c(F)ccc(N)c2F)C1. The van der Waals surface area contributed by atoms with Crippen molar-refractivity contribution in [1.29, 1.82) is 0 Å². The van der Waals surface area contributed by atoms with Crippen molar-refractivity contribution in [2.45, 2.75) is 20.3 Å². The average molecular weight is 254 g/mol. The highest BCUT2D eigenvalue weighted by molar-refractivity contribution is 5.96. The highest BCUT2D eigenvalue weighted by atomic mass is 19.1. The van der Waals surface area contributed by atoms with Gasteiger partial charge >= 0.3 is 0 Å². The Morgan fingerprint density at radius 3 is 2.61 bits per heavy atom. The van der Waals surface area contributed by atoms with Crippen molar-refractivity contribution in [1.82, 2.24) is 4.90 Å². The summed E-state index contributed by atoms with van der Waals surface area (Å²) >= 11 is 0. The van der Waals surface area contributed by atoms with Crippen LogP contribution in [0.15, 0.2) is 12.1 Å². The van der Waals surface area contributed by atoms with Gasteiger partial charge < -0.3 is 10.6 Å². The molecule has 1 aromatic carbocycles. The summed E-state index contributed by atoms with van der Waals surface area (Å²) in [6, 6.07) is 2.14. The van der Waals surface area contributed by atoms with Crippen LogP contribution in [0.25, 0.3) is 0 Å². The molecule has 2 N–H and O–H groups in total. The van der Waals surface area contributed by atoms with E-state index in [9.17, 15) is 13.6 Å². The standard InChI is InChI=1S/C13H16F2N2O/c1-13(2)5-6-17(7-13)12(18)10-8(14)3-4-9(16)11(10)15/h3-4H,5-7,16H2,1-2H3. The highest BCUT2D eigenvalue weighted by Gasteiger charge is 2.34. The molecular weight excluding hydrogens is 238 g/mol. The van der Waals surface area contributed by atoms with Crippen molar-refractivity contribution >= 4 is 11.6 Å². The van der Waals surface area contributed by atoms with E-state index in [-0.39, 0.29) is 11.1 Å². The molecule has 1 aliphatic rings. The molecule has 1 aromatic rings. The second-order valence-electron chi connectivity index (χ2n) is 5.47. The molecular formula is C13H16F2N2O. The largest absolute Gasteiger partial charge is 0.396 e. The third-order valence-electron chi connectivity index (χ3n) is 3.30. The molecule has 5 heteroatoms. The molecule has 0 radical (unpaired) electrons. The van der Waals surface area contributed by atoms with Gasteiger partial charge in [-0.05, 0) is 24.0 Å². The van der Waals surface area contributed by atoms with Crippen molar-refractivity contribution in [3.8, 4) is 0 Å². The Labute approximate surface area is 105 Å².